The molecule has 1 N–H and O–H groups in total. The van der Waals surface area contributed by atoms with Crippen molar-refractivity contribution >= 4 is 21.6 Å². The molecule has 0 radical (unpaired) electrons. The van der Waals surface area contributed by atoms with Crippen molar-refractivity contribution in [2.24, 2.45) is 13.0 Å². The number of benzene rings is 1. The molecule has 1 aliphatic rings. The Morgan fingerprint density at radius 2 is 1.85 bits per heavy atom. The summed E-state index contributed by atoms with van der Waals surface area (Å²) >= 11 is 1.77. The average Bonchev–Trinajstić information content (AvgIpc) is 3.55. The summed E-state index contributed by atoms with van der Waals surface area (Å²) in [5, 5.41) is 5.53. The molecule has 3 aromatic heterocycles. The maximum absolute atomic E-state index is 6.05. The zero-order valence-corrected chi connectivity index (χ0v) is 20.2. The molecule has 6 nitrogen and oxygen atoms in total. The van der Waals surface area contributed by atoms with Crippen LogP contribution in [-0.4, -0.2) is 40.4 Å². The number of hydrogen-bond donors (Lipinski definition) is 1. The van der Waals surface area contributed by atoms with Gasteiger partial charge in [-0.2, -0.15) is 0 Å². The van der Waals surface area contributed by atoms with Crippen molar-refractivity contribution < 1.29 is 9.47 Å². The zero-order chi connectivity index (χ0) is 22.6. The second kappa shape index (κ2) is 10.0. The molecule has 0 spiro atoms. The van der Waals surface area contributed by atoms with Gasteiger partial charge < -0.3 is 23.9 Å². The number of hydrogen-bond acceptors (Lipinski definition) is 5. The molecule has 1 saturated heterocycles. The first-order valence-electron chi connectivity index (χ1n) is 11.9. The molecule has 0 atom stereocenters. The minimum atomic E-state index is 0.584. The maximum atomic E-state index is 6.05. The van der Waals surface area contributed by atoms with E-state index in [1.54, 1.807) is 11.3 Å². The van der Waals surface area contributed by atoms with E-state index in [4.69, 9.17) is 14.5 Å². The van der Waals surface area contributed by atoms with E-state index in [9.17, 15) is 0 Å². The normalized spacial score (nSPS) is 14.7. The summed E-state index contributed by atoms with van der Waals surface area (Å²) < 4.78 is 17.8. The van der Waals surface area contributed by atoms with Gasteiger partial charge in [0.1, 0.15) is 18.1 Å². The standard InChI is InChI=1S/C26H32N4O2S/c1-3-20-17-30(26(28-20)24-16-25-23(29(24)2)10-15-33-25)13-14-31-21-4-6-22(7-5-21)32-18-19-8-11-27-12-9-19/h4-7,10,15-17,19,27H,3,8-9,11-14,18H2,1-2H3. The van der Waals surface area contributed by atoms with Crippen LogP contribution in [0.25, 0.3) is 21.7 Å². The molecule has 0 saturated carbocycles. The Bertz CT molecular complexity index is 1190. The molecule has 1 aliphatic heterocycles. The van der Waals surface area contributed by atoms with Crippen LogP contribution in [0.1, 0.15) is 25.5 Å². The number of imidazole rings is 1. The Hall–Kier alpha value is -2.77. The van der Waals surface area contributed by atoms with Crippen LogP contribution in [0.2, 0.25) is 0 Å². The third-order valence-corrected chi connectivity index (χ3v) is 7.30. The number of ether oxygens (including phenoxy) is 2. The summed E-state index contributed by atoms with van der Waals surface area (Å²) in [7, 11) is 2.11. The zero-order valence-electron chi connectivity index (χ0n) is 19.4. The smallest absolute Gasteiger partial charge is 0.157 e. The number of aryl methyl sites for hydroxylation is 2. The van der Waals surface area contributed by atoms with Crippen molar-refractivity contribution in [2.75, 3.05) is 26.3 Å². The number of nitrogens with one attached hydrogen (secondary N) is 1. The van der Waals surface area contributed by atoms with Gasteiger partial charge in [0.25, 0.3) is 0 Å². The molecular weight excluding hydrogens is 432 g/mol. The van der Waals surface area contributed by atoms with Crippen LogP contribution >= 0.6 is 11.3 Å². The molecule has 0 amide bonds. The Labute approximate surface area is 199 Å². The van der Waals surface area contributed by atoms with Crippen LogP contribution in [0.5, 0.6) is 11.5 Å². The predicted octanol–water partition coefficient (Wildman–Crippen LogP) is 5.12. The van der Waals surface area contributed by atoms with Gasteiger partial charge >= 0.3 is 0 Å². The van der Waals surface area contributed by atoms with Gasteiger partial charge in [-0.25, -0.2) is 4.98 Å². The van der Waals surface area contributed by atoms with E-state index in [-0.39, 0.29) is 0 Å². The van der Waals surface area contributed by atoms with E-state index >= 15 is 0 Å². The molecule has 174 valence electrons. The van der Waals surface area contributed by atoms with Gasteiger partial charge in [0.15, 0.2) is 5.82 Å². The molecule has 0 aliphatic carbocycles. The molecule has 1 aromatic carbocycles. The monoisotopic (exact) mass is 464 g/mol. The molecular formula is C26H32N4O2S. The van der Waals surface area contributed by atoms with Crippen molar-refractivity contribution in [1.29, 1.82) is 0 Å². The fourth-order valence-corrected chi connectivity index (χ4v) is 5.29. The summed E-state index contributed by atoms with van der Waals surface area (Å²) in [5.41, 5.74) is 3.50. The van der Waals surface area contributed by atoms with Gasteiger partial charge in [-0.05, 0) is 80.0 Å². The summed E-state index contributed by atoms with van der Waals surface area (Å²) in [4.78, 5) is 4.90. The van der Waals surface area contributed by atoms with E-state index in [2.05, 4.69) is 52.1 Å². The van der Waals surface area contributed by atoms with E-state index in [0.29, 0.717) is 12.5 Å². The summed E-state index contributed by atoms with van der Waals surface area (Å²) in [5.74, 6) is 3.43. The summed E-state index contributed by atoms with van der Waals surface area (Å²) in [6.45, 7) is 6.46. The Morgan fingerprint density at radius 1 is 1.09 bits per heavy atom. The number of piperidine rings is 1. The van der Waals surface area contributed by atoms with Crippen LogP contribution in [-0.2, 0) is 20.0 Å². The molecule has 1 fully saturated rings. The summed E-state index contributed by atoms with van der Waals surface area (Å²) in [6.07, 6.45) is 5.45. The quantitative estimate of drug-likeness (QED) is 0.373. The van der Waals surface area contributed by atoms with Crippen LogP contribution in [0, 0.1) is 5.92 Å². The highest BCUT2D eigenvalue weighted by molar-refractivity contribution is 7.17. The fourth-order valence-electron chi connectivity index (χ4n) is 4.44. The van der Waals surface area contributed by atoms with Crippen molar-refractivity contribution in [3.63, 3.8) is 0 Å². The number of nitrogens with zero attached hydrogens (tertiary/aromatic N) is 3. The Balaban J connectivity index is 1.20. The highest BCUT2D eigenvalue weighted by Gasteiger charge is 2.16. The van der Waals surface area contributed by atoms with Gasteiger partial charge in [0.05, 0.1) is 34.8 Å². The lowest BCUT2D eigenvalue weighted by Crippen LogP contribution is -2.30. The van der Waals surface area contributed by atoms with Crippen molar-refractivity contribution in [1.82, 2.24) is 19.4 Å². The lowest BCUT2D eigenvalue weighted by Gasteiger charge is -2.22. The highest BCUT2D eigenvalue weighted by Crippen LogP contribution is 2.30. The van der Waals surface area contributed by atoms with Crippen LogP contribution in [0.3, 0.4) is 0 Å². The topological polar surface area (TPSA) is 53.2 Å². The molecule has 7 heteroatoms. The third kappa shape index (κ3) is 4.94. The van der Waals surface area contributed by atoms with Crippen LogP contribution in [0.4, 0.5) is 0 Å². The van der Waals surface area contributed by atoms with Gasteiger partial charge in [-0.1, -0.05) is 6.92 Å². The fraction of sp³-hybridized carbons (Fsp3) is 0.423. The Morgan fingerprint density at radius 3 is 2.58 bits per heavy atom. The minimum absolute atomic E-state index is 0.584. The molecule has 0 unspecified atom stereocenters. The van der Waals surface area contributed by atoms with E-state index in [1.165, 1.54) is 23.1 Å². The van der Waals surface area contributed by atoms with E-state index in [0.717, 1.165) is 61.4 Å². The highest BCUT2D eigenvalue weighted by atomic mass is 32.1. The average molecular weight is 465 g/mol. The van der Waals surface area contributed by atoms with Crippen LogP contribution in [0.15, 0.2) is 48.0 Å². The molecule has 5 rings (SSSR count). The Kier molecular flexibility index (Phi) is 6.69. The lowest BCUT2D eigenvalue weighted by molar-refractivity contribution is 0.215. The number of rotatable bonds is 9. The van der Waals surface area contributed by atoms with E-state index < -0.39 is 0 Å². The van der Waals surface area contributed by atoms with E-state index in [1.807, 2.05) is 24.3 Å². The van der Waals surface area contributed by atoms with Crippen LogP contribution < -0.4 is 14.8 Å². The number of aromatic nitrogens is 3. The largest absolute Gasteiger partial charge is 0.493 e. The number of fused-ring (bicyclic) bond motifs is 1. The lowest BCUT2D eigenvalue weighted by atomic mass is 9.99. The number of thiophene rings is 1. The van der Waals surface area contributed by atoms with Crippen molar-refractivity contribution in [3.05, 3.63) is 53.7 Å². The third-order valence-electron chi connectivity index (χ3n) is 6.45. The first-order chi connectivity index (χ1) is 16.2. The molecule has 33 heavy (non-hydrogen) atoms. The van der Waals surface area contributed by atoms with Gasteiger partial charge in [0.2, 0.25) is 0 Å². The molecule has 4 aromatic rings. The SMILES string of the molecule is CCc1cn(CCOc2ccc(OCC3CCNCC3)cc2)c(-c2cc3sccc3n2C)n1. The maximum Gasteiger partial charge on any atom is 0.157 e. The second-order valence-electron chi connectivity index (χ2n) is 8.69. The predicted molar refractivity (Wildman–Crippen MR) is 134 cm³/mol. The first-order valence-corrected chi connectivity index (χ1v) is 12.7. The van der Waals surface area contributed by atoms with Gasteiger partial charge in [0, 0.05) is 13.2 Å². The molecule has 4 heterocycles. The molecule has 0 bridgehead atoms. The van der Waals surface area contributed by atoms with Gasteiger partial charge in [-0.15, -0.1) is 11.3 Å². The van der Waals surface area contributed by atoms with Gasteiger partial charge in [-0.3, -0.25) is 0 Å². The minimum Gasteiger partial charge on any atom is -0.493 e. The first kappa shape index (κ1) is 22.0. The summed E-state index contributed by atoms with van der Waals surface area (Å²) in [6, 6.07) is 12.4. The van der Waals surface area contributed by atoms with Crippen molar-refractivity contribution in [2.45, 2.75) is 32.7 Å². The second-order valence-corrected chi connectivity index (χ2v) is 9.63. The van der Waals surface area contributed by atoms with Crippen molar-refractivity contribution in [3.8, 4) is 23.0 Å².